The summed E-state index contributed by atoms with van der Waals surface area (Å²) < 4.78 is 5.60. The molecule has 0 amide bonds. The minimum Gasteiger partial charge on any atom is -0.491 e. The number of anilines is 2. The zero-order valence-corrected chi connectivity index (χ0v) is 12.8. The van der Waals surface area contributed by atoms with Gasteiger partial charge in [-0.25, -0.2) is 0 Å². The van der Waals surface area contributed by atoms with Crippen molar-refractivity contribution in [1.82, 2.24) is 10.2 Å². The summed E-state index contributed by atoms with van der Waals surface area (Å²) in [5.41, 5.74) is 2.86. The van der Waals surface area contributed by atoms with E-state index >= 15 is 0 Å². The first-order chi connectivity index (χ1) is 9.47. The van der Waals surface area contributed by atoms with Crippen molar-refractivity contribution in [2.45, 2.75) is 33.8 Å². The average molecular weight is 292 g/mol. The largest absolute Gasteiger partial charge is 0.491 e. The van der Waals surface area contributed by atoms with E-state index in [2.05, 4.69) is 15.5 Å². The molecule has 2 aromatic rings. The topological polar surface area (TPSA) is 47.0 Å². The fraction of sp³-hybridized carbons (Fsp3) is 0.333. The molecule has 0 radical (unpaired) electrons. The highest BCUT2D eigenvalue weighted by Gasteiger charge is 2.08. The van der Waals surface area contributed by atoms with Crippen LogP contribution in [0.1, 0.15) is 25.0 Å². The van der Waals surface area contributed by atoms with Crippen molar-refractivity contribution in [3.8, 4) is 5.75 Å². The van der Waals surface area contributed by atoms with E-state index in [-0.39, 0.29) is 6.10 Å². The number of hydrogen-bond acceptors (Lipinski definition) is 4. The van der Waals surface area contributed by atoms with Crippen LogP contribution in [0.5, 0.6) is 5.75 Å². The van der Waals surface area contributed by atoms with Crippen molar-refractivity contribution in [3.05, 3.63) is 40.5 Å². The van der Waals surface area contributed by atoms with Gasteiger partial charge in [0, 0.05) is 5.69 Å². The maximum Gasteiger partial charge on any atom is 0.156 e. The van der Waals surface area contributed by atoms with Crippen LogP contribution in [0.3, 0.4) is 0 Å². The summed E-state index contributed by atoms with van der Waals surface area (Å²) in [6, 6.07) is 7.74. The maximum atomic E-state index is 5.94. The van der Waals surface area contributed by atoms with Crippen LogP contribution in [0, 0.1) is 13.8 Å². The highest BCUT2D eigenvalue weighted by atomic mass is 35.5. The van der Waals surface area contributed by atoms with Crippen molar-refractivity contribution < 1.29 is 4.74 Å². The zero-order chi connectivity index (χ0) is 14.7. The zero-order valence-electron chi connectivity index (χ0n) is 12.1. The summed E-state index contributed by atoms with van der Waals surface area (Å²) in [4.78, 5) is 0. The SMILES string of the molecule is Cc1c(Cl)nnc(Nc2ccc(OC(C)C)cc2)c1C. The summed E-state index contributed by atoms with van der Waals surface area (Å²) in [5.74, 6) is 1.56. The molecule has 0 aliphatic heterocycles. The number of nitrogens with zero attached hydrogens (tertiary/aromatic N) is 2. The molecule has 0 atom stereocenters. The van der Waals surface area contributed by atoms with Gasteiger partial charge < -0.3 is 10.1 Å². The standard InChI is InChI=1S/C15H18ClN3O/c1-9(2)20-13-7-5-12(6-8-13)17-15-11(4)10(3)14(16)18-19-15/h5-9H,1-4H3,(H,17,19). The lowest BCUT2D eigenvalue weighted by Gasteiger charge is -2.12. The van der Waals surface area contributed by atoms with E-state index in [1.807, 2.05) is 52.0 Å². The molecular formula is C15H18ClN3O. The number of nitrogens with one attached hydrogen (secondary N) is 1. The first-order valence-corrected chi connectivity index (χ1v) is 6.88. The second-order valence-electron chi connectivity index (χ2n) is 4.91. The lowest BCUT2D eigenvalue weighted by Crippen LogP contribution is -2.05. The third kappa shape index (κ3) is 3.39. The van der Waals surface area contributed by atoms with E-state index in [1.165, 1.54) is 0 Å². The van der Waals surface area contributed by atoms with Gasteiger partial charge >= 0.3 is 0 Å². The Morgan fingerprint density at radius 2 is 1.70 bits per heavy atom. The van der Waals surface area contributed by atoms with Crippen LogP contribution in [-0.2, 0) is 0 Å². The molecule has 1 heterocycles. The summed E-state index contributed by atoms with van der Waals surface area (Å²) in [5, 5.41) is 11.7. The van der Waals surface area contributed by atoms with Crippen LogP contribution in [0.4, 0.5) is 11.5 Å². The molecule has 1 N–H and O–H groups in total. The Morgan fingerprint density at radius 1 is 1.05 bits per heavy atom. The quantitative estimate of drug-likeness (QED) is 0.913. The Morgan fingerprint density at radius 3 is 2.30 bits per heavy atom. The third-order valence-corrected chi connectivity index (χ3v) is 3.31. The van der Waals surface area contributed by atoms with Crippen LogP contribution >= 0.6 is 11.6 Å². The van der Waals surface area contributed by atoms with Crippen molar-refractivity contribution in [1.29, 1.82) is 0 Å². The van der Waals surface area contributed by atoms with Gasteiger partial charge in [-0.1, -0.05) is 11.6 Å². The van der Waals surface area contributed by atoms with Crippen LogP contribution in [0.25, 0.3) is 0 Å². The molecule has 0 unspecified atom stereocenters. The summed E-state index contributed by atoms with van der Waals surface area (Å²) in [6.45, 7) is 7.90. The summed E-state index contributed by atoms with van der Waals surface area (Å²) in [7, 11) is 0. The van der Waals surface area contributed by atoms with E-state index in [4.69, 9.17) is 16.3 Å². The second kappa shape index (κ2) is 6.09. The van der Waals surface area contributed by atoms with Crippen molar-refractivity contribution in [2.75, 3.05) is 5.32 Å². The Labute approximate surface area is 124 Å². The number of ether oxygens (including phenoxy) is 1. The van der Waals surface area contributed by atoms with E-state index in [1.54, 1.807) is 0 Å². The number of benzene rings is 1. The molecule has 1 aromatic heterocycles. The van der Waals surface area contributed by atoms with E-state index in [0.717, 1.165) is 22.6 Å². The monoisotopic (exact) mass is 291 g/mol. The minimum atomic E-state index is 0.167. The smallest absolute Gasteiger partial charge is 0.156 e. The van der Waals surface area contributed by atoms with Crippen molar-refractivity contribution in [2.24, 2.45) is 0 Å². The molecule has 0 aliphatic carbocycles. The number of hydrogen-bond donors (Lipinski definition) is 1. The van der Waals surface area contributed by atoms with E-state index in [0.29, 0.717) is 11.0 Å². The molecular weight excluding hydrogens is 274 g/mol. The molecule has 0 aliphatic rings. The lowest BCUT2D eigenvalue weighted by atomic mass is 10.2. The van der Waals surface area contributed by atoms with Gasteiger partial charge in [-0.3, -0.25) is 0 Å². The van der Waals surface area contributed by atoms with Crippen molar-refractivity contribution in [3.63, 3.8) is 0 Å². The fourth-order valence-corrected chi connectivity index (χ4v) is 1.90. The average Bonchev–Trinajstić information content (AvgIpc) is 2.41. The Balaban J connectivity index is 2.16. The maximum absolute atomic E-state index is 5.94. The third-order valence-electron chi connectivity index (χ3n) is 2.95. The van der Waals surface area contributed by atoms with Gasteiger partial charge in [0.1, 0.15) is 5.75 Å². The van der Waals surface area contributed by atoms with Crippen LogP contribution in [-0.4, -0.2) is 16.3 Å². The first kappa shape index (κ1) is 14.6. The van der Waals surface area contributed by atoms with Crippen LogP contribution < -0.4 is 10.1 Å². The van der Waals surface area contributed by atoms with Crippen LogP contribution in [0.15, 0.2) is 24.3 Å². The molecule has 0 bridgehead atoms. The Bertz CT molecular complexity index is 597. The predicted molar refractivity (Wildman–Crippen MR) is 82.0 cm³/mol. The molecule has 0 saturated heterocycles. The van der Waals surface area contributed by atoms with Gasteiger partial charge in [-0.2, -0.15) is 0 Å². The molecule has 0 fully saturated rings. The molecule has 106 valence electrons. The highest BCUT2D eigenvalue weighted by Crippen LogP contribution is 2.25. The van der Waals surface area contributed by atoms with Gasteiger partial charge in [0.25, 0.3) is 0 Å². The number of halogens is 1. The van der Waals surface area contributed by atoms with Gasteiger partial charge in [0.05, 0.1) is 6.10 Å². The molecule has 1 aromatic carbocycles. The van der Waals surface area contributed by atoms with Crippen molar-refractivity contribution >= 4 is 23.1 Å². The normalized spacial score (nSPS) is 10.7. The fourth-order valence-electron chi connectivity index (χ4n) is 1.72. The molecule has 0 spiro atoms. The molecule has 20 heavy (non-hydrogen) atoms. The van der Waals surface area contributed by atoms with Gasteiger partial charge in [0.2, 0.25) is 0 Å². The molecule has 0 saturated carbocycles. The minimum absolute atomic E-state index is 0.167. The van der Waals surface area contributed by atoms with E-state index in [9.17, 15) is 0 Å². The Hall–Kier alpha value is -1.81. The highest BCUT2D eigenvalue weighted by molar-refractivity contribution is 6.30. The summed E-state index contributed by atoms with van der Waals surface area (Å²) >= 11 is 5.94. The summed E-state index contributed by atoms with van der Waals surface area (Å²) in [6.07, 6.45) is 0.167. The molecule has 4 nitrogen and oxygen atoms in total. The predicted octanol–water partition coefficient (Wildman–Crippen LogP) is 4.28. The number of aromatic nitrogens is 2. The van der Waals surface area contributed by atoms with E-state index < -0.39 is 0 Å². The Kier molecular flexibility index (Phi) is 4.45. The molecule has 5 heteroatoms. The van der Waals surface area contributed by atoms with Gasteiger partial charge in [0.15, 0.2) is 11.0 Å². The lowest BCUT2D eigenvalue weighted by molar-refractivity contribution is 0.242. The second-order valence-corrected chi connectivity index (χ2v) is 5.26. The number of rotatable bonds is 4. The van der Waals surface area contributed by atoms with Gasteiger partial charge in [-0.05, 0) is 63.1 Å². The van der Waals surface area contributed by atoms with Gasteiger partial charge in [-0.15, -0.1) is 10.2 Å². The molecule has 2 rings (SSSR count). The first-order valence-electron chi connectivity index (χ1n) is 6.50. The van der Waals surface area contributed by atoms with Crippen LogP contribution in [0.2, 0.25) is 5.15 Å².